The van der Waals surface area contributed by atoms with Gasteiger partial charge >= 0.3 is 11.9 Å². The van der Waals surface area contributed by atoms with Crippen LogP contribution in [0.15, 0.2) is 0 Å². The zero-order valence-corrected chi connectivity index (χ0v) is 13.5. The number of rotatable bonds is 9. The first kappa shape index (κ1) is 19.6. The second-order valence-electron chi connectivity index (χ2n) is 3.94. The van der Waals surface area contributed by atoms with Gasteiger partial charge in [-0.25, -0.2) is 9.59 Å². The zero-order valence-electron chi connectivity index (χ0n) is 11.9. The van der Waals surface area contributed by atoms with Crippen molar-refractivity contribution in [2.45, 2.75) is 25.9 Å². The van der Waals surface area contributed by atoms with E-state index in [2.05, 4.69) is 15.4 Å². The Balaban J connectivity index is 4.24. The molecule has 0 unspecified atom stereocenters. The Hall–Kier alpha value is -1.42. The van der Waals surface area contributed by atoms with Gasteiger partial charge in [0.15, 0.2) is 0 Å². The summed E-state index contributed by atoms with van der Waals surface area (Å²) < 4.78 is 4.55. The standard InChI is InChI=1S/C11H18N2O6S2/c1-6(14)12-8(10(16)17)4-20-21-5-9(11(18)19-3)13-7(2)15/h8-9H,4-5H2,1-3H3,(H,12,14)(H,13,15)(H,16,17)/t8-,9-/m0/s1. The number of methoxy groups -OCH3 is 1. The molecule has 0 saturated heterocycles. The van der Waals surface area contributed by atoms with E-state index < -0.39 is 29.9 Å². The Morgan fingerprint density at radius 3 is 1.81 bits per heavy atom. The maximum Gasteiger partial charge on any atom is 0.329 e. The molecule has 10 heteroatoms. The third kappa shape index (κ3) is 9.19. The van der Waals surface area contributed by atoms with Crippen LogP contribution in [0.2, 0.25) is 0 Å². The lowest BCUT2D eigenvalue weighted by atomic mass is 10.3. The average Bonchev–Trinajstić information content (AvgIpc) is 2.38. The van der Waals surface area contributed by atoms with Crippen molar-refractivity contribution >= 4 is 45.3 Å². The number of nitrogens with one attached hydrogen (secondary N) is 2. The van der Waals surface area contributed by atoms with E-state index in [0.29, 0.717) is 0 Å². The number of aliphatic carboxylic acids is 1. The average molecular weight is 338 g/mol. The summed E-state index contributed by atoms with van der Waals surface area (Å²) in [5, 5.41) is 13.6. The van der Waals surface area contributed by atoms with Gasteiger partial charge in [-0.2, -0.15) is 0 Å². The highest BCUT2D eigenvalue weighted by Gasteiger charge is 2.22. The van der Waals surface area contributed by atoms with Crippen LogP contribution in [0.3, 0.4) is 0 Å². The Kier molecular flexibility index (Phi) is 9.63. The van der Waals surface area contributed by atoms with Gasteiger partial charge in [0.05, 0.1) is 7.11 Å². The number of hydrogen-bond donors (Lipinski definition) is 3. The maximum atomic E-state index is 11.4. The molecule has 2 amide bonds. The van der Waals surface area contributed by atoms with E-state index in [1.165, 1.54) is 42.5 Å². The lowest BCUT2D eigenvalue weighted by Gasteiger charge is -2.16. The topological polar surface area (TPSA) is 122 Å². The normalized spacial score (nSPS) is 12.9. The van der Waals surface area contributed by atoms with Gasteiger partial charge in [0.2, 0.25) is 11.8 Å². The summed E-state index contributed by atoms with van der Waals surface area (Å²) in [6.45, 7) is 2.52. The molecular weight excluding hydrogens is 320 g/mol. The molecule has 2 atom stereocenters. The fourth-order valence-electron chi connectivity index (χ4n) is 1.21. The summed E-state index contributed by atoms with van der Waals surface area (Å²) in [6.07, 6.45) is 0. The Labute approximate surface area is 130 Å². The molecule has 0 aliphatic heterocycles. The molecule has 0 spiro atoms. The summed E-state index contributed by atoms with van der Waals surface area (Å²) >= 11 is 0. The molecule has 120 valence electrons. The molecule has 3 N–H and O–H groups in total. The molecule has 0 aliphatic rings. The van der Waals surface area contributed by atoms with Gasteiger partial charge in [-0.05, 0) is 0 Å². The van der Waals surface area contributed by atoms with E-state index in [0.717, 1.165) is 0 Å². The summed E-state index contributed by atoms with van der Waals surface area (Å²) in [7, 11) is 3.60. The van der Waals surface area contributed by atoms with Crippen LogP contribution in [-0.2, 0) is 23.9 Å². The van der Waals surface area contributed by atoms with Gasteiger partial charge in [-0.15, -0.1) is 0 Å². The number of carbonyl (C=O) groups is 4. The van der Waals surface area contributed by atoms with E-state index in [-0.39, 0.29) is 17.4 Å². The molecule has 0 fully saturated rings. The molecule has 0 aromatic heterocycles. The van der Waals surface area contributed by atoms with Gasteiger partial charge in [0.1, 0.15) is 12.1 Å². The van der Waals surface area contributed by atoms with Gasteiger partial charge in [0, 0.05) is 25.4 Å². The molecule has 0 saturated carbocycles. The summed E-state index contributed by atoms with van der Waals surface area (Å²) in [5.41, 5.74) is 0. The van der Waals surface area contributed by atoms with E-state index in [4.69, 9.17) is 5.11 Å². The van der Waals surface area contributed by atoms with Crippen molar-refractivity contribution in [3.8, 4) is 0 Å². The molecule has 8 nitrogen and oxygen atoms in total. The smallest absolute Gasteiger partial charge is 0.329 e. The summed E-state index contributed by atoms with van der Waals surface area (Å²) in [6, 6.07) is -1.80. The fraction of sp³-hybridized carbons (Fsp3) is 0.636. The van der Waals surface area contributed by atoms with Gasteiger partial charge in [-0.3, -0.25) is 9.59 Å². The Bertz CT molecular complexity index is 404. The first-order valence-electron chi connectivity index (χ1n) is 5.87. The van der Waals surface area contributed by atoms with Crippen molar-refractivity contribution in [3.63, 3.8) is 0 Å². The summed E-state index contributed by atoms with van der Waals surface area (Å²) in [4.78, 5) is 44.1. The molecule has 0 aromatic carbocycles. The first-order chi connectivity index (χ1) is 9.77. The second kappa shape index (κ2) is 10.3. The van der Waals surface area contributed by atoms with Crippen LogP contribution in [0.5, 0.6) is 0 Å². The number of esters is 1. The van der Waals surface area contributed by atoms with Gasteiger partial charge in [0.25, 0.3) is 0 Å². The number of hydrogen-bond acceptors (Lipinski definition) is 7. The molecule has 0 aliphatic carbocycles. The lowest BCUT2D eigenvalue weighted by molar-refractivity contribution is -0.144. The van der Waals surface area contributed by atoms with Crippen molar-refractivity contribution < 1.29 is 29.0 Å². The molecule has 0 aromatic rings. The van der Waals surface area contributed by atoms with Crippen LogP contribution < -0.4 is 10.6 Å². The van der Waals surface area contributed by atoms with E-state index in [1.54, 1.807) is 0 Å². The van der Waals surface area contributed by atoms with Crippen molar-refractivity contribution in [3.05, 3.63) is 0 Å². The highest BCUT2D eigenvalue weighted by Crippen LogP contribution is 2.23. The minimum absolute atomic E-state index is 0.132. The molecule has 0 radical (unpaired) electrons. The van der Waals surface area contributed by atoms with Crippen molar-refractivity contribution in [1.29, 1.82) is 0 Å². The number of carboxylic acids is 1. The number of carboxylic acid groups (broad SMARTS) is 1. The fourth-order valence-corrected chi connectivity index (χ4v) is 3.51. The SMILES string of the molecule is COC(=O)[C@H](CSSC[C@H](NC(C)=O)C(=O)O)NC(C)=O. The molecule has 21 heavy (non-hydrogen) atoms. The van der Waals surface area contributed by atoms with Crippen LogP contribution in [0.25, 0.3) is 0 Å². The van der Waals surface area contributed by atoms with Gasteiger partial charge < -0.3 is 20.5 Å². The molecular formula is C11H18N2O6S2. The number of carbonyl (C=O) groups excluding carboxylic acids is 3. The minimum atomic E-state index is -1.13. The van der Waals surface area contributed by atoms with Crippen molar-refractivity contribution in [2.24, 2.45) is 0 Å². The van der Waals surface area contributed by atoms with Gasteiger partial charge in [-0.1, -0.05) is 21.6 Å². The zero-order chi connectivity index (χ0) is 16.4. The predicted molar refractivity (Wildman–Crippen MR) is 79.8 cm³/mol. The van der Waals surface area contributed by atoms with Crippen molar-refractivity contribution in [1.82, 2.24) is 10.6 Å². The number of amides is 2. The van der Waals surface area contributed by atoms with Crippen LogP contribution in [0.1, 0.15) is 13.8 Å². The maximum absolute atomic E-state index is 11.4. The van der Waals surface area contributed by atoms with Crippen LogP contribution >= 0.6 is 21.6 Å². The highest BCUT2D eigenvalue weighted by atomic mass is 33.1. The first-order valence-corrected chi connectivity index (χ1v) is 8.36. The Morgan fingerprint density at radius 2 is 1.43 bits per heavy atom. The van der Waals surface area contributed by atoms with E-state index >= 15 is 0 Å². The quantitative estimate of drug-likeness (QED) is 0.296. The van der Waals surface area contributed by atoms with Crippen LogP contribution in [-0.4, -0.2) is 59.6 Å². The molecule has 0 heterocycles. The van der Waals surface area contributed by atoms with Crippen molar-refractivity contribution in [2.75, 3.05) is 18.6 Å². The monoisotopic (exact) mass is 338 g/mol. The van der Waals surface area contributed by atoms with E-state index in [9.17, 15) is 19.2 Å². The largest absolute Gasteiger partial charge is 0.480 e. The van der Waals surface area contributed by atoms with Crippen LogP contribution in [0.4, 0.5) is 0 Å². The van der Waals surface area contributed by atoms with Crippen LogP contribution in [0, 0.1) is 0 Å². The Morgan fingerprint density at radius 1 is 1.00 bits per heavy atom. The number of ether oxygens (including phenoxy) is 1. The molecule has 0 rings (SSSR count). The minimum Gasteiger partial charge on any atom is -0.480 e. The third-order valence-electron chi connectivity index (χ3n) is 2.09. The lowest BCUT2D eigenvalue weighted by Crippen LogP contribution is -2.42. The summed E-state index contributed by atoms with van der Waals surface area (Å²) in [5.74, 6) is -2.15. The molecule has 0 bridgehead atoms. The third-order valence-corrected chi connectivity index (χ3v) is 4.51. The van der Waals surface area contributed by atoms with E-state index in [1.807, 2.05) is 0 Å². The second-order valence-corrected chi connectivity index (χ2v) is 6.49. The predicted octanol–water partition coefficient (Wildman–Crippen LogP) is -0.365. The highest BCUT2D eigenvalue weighted by molar-refractivity contribution is 8.76.